The molecule has 4 aromatic heterocycles. The quantitative estimate of drug-likeness (QED) is 0.348. The van der Waals surface area contributed by atoms with Gasteiger partial charge in [-0.1, -0.05) is 5.16 Å². The third-order valence-corrected chi connectivity index (χ3v) is 6.98. The zero-order chi connectivity index (χ0) is 22.9. The molecule has 34 heavy (non-hydrogen) atoms. The number of hydrogen-bond acceptors (Lipinski definition) is 10. The summed E-state index contributed by atoms with van der Waals surface area (Å²) >= 11 is 1.53. The molecule has 3 N–H and O–H groups in total. The third-order valence-electron chi connectivity index (χ3n) is 6.19. The first-order chi connectivity index (χ1) is 16.7. The number of thiazole rings is 1. The van der Waals surface area contributed by atoms with Crippen LogP contribution in [0.5, 0.6) is 0 Å². The van der Waals surface area contributed by atoms with E-state index in [1.54, 1.807) is 6.20 Å². The van der Waals surface area contributed by atoms with Crippen molar-refractivity contribution in [2.24, 2.45) is 0 Å². The predicted molar refractivity (Wildman–Crippen MR) is 133 cm³/mol. The van der Waals surface area contributed by atoms with Crippen molar-refractivity contribution in [1.82, 2.24) is 30.0 Å². The Hall–Kier alpha value is -3.44. The van der Waals surface area contributed by atoms with Gasteiger partial charge in [0, 0.05) is 56.1 Å². The van der Waals surface area contributed by atoms with E-state index >= 15 is 0 Å². The SMILES string of the molecule is CN1CCN(c2cc(Nc3cc(C4CC4)c[nH]3)nc(NCc3cc(-c4nccs4)no3)n2)CC1. The molecule has 0 unspecified atom stereocenters. The molecule has 0 aromatic carbocycles. The highest BCUT2D eigenvalue weighted by molar-refractivity contribution is 7.13. The second-order valence-corrected chi connectivity index (χ2v) is 9.74. The molecule has 0 spiro atoms. The van der Waals surface area contributed by atoms with E-state index in [0.717, 1.165) is 54.3 Å². The van der Waals surface area contributed by atoms with E-state index in [1.165, 1.54) is 29.7 Å². The summed E-state index contributed by atoms with van der Waals surface area (Å²) in [6.07, 6.45) is 6.40. The van der Waals surface area contributed by atoms with Gasteiger partial charge in [-0.2, -0.15) is 9.97 Å². The molecule has 4 aromatic rings. The van der Waals surface area contributed by atoms with Crippen LogP contribution in [0.4, 0.5) is 23.4 Å². The van der Waals surface area contributed by atoms with Crippen molar-refractivity contribution in [2.75, 3.05) is 48.8 Å². The van der Waals surface area contributed by atoms with E-state index < -0.39 is 0 Å². The van der Waals surface area contributed by atoms with Gasteiger partial charge in [-0.05, 0) is 37.4 Å². The van der Waals surface area contributed by atoms with Crippen molar-refractivity contribution in [3.8, 4) is 10.7 Å². The number of likely N-dealkylation sites (N-methyl/N-ethyl adjacent to an activating group) is 1. The first-order valence-corrected chi connectivity index (χ1v) is 12.4. The number of nitrogens with one attached hydrogen (secondary N) is 3. The van der Waals surface area contributed by atoms with Crippen LogP contribution in [-0.2, 0) is 6.54 Å². The standard InChI is InChI=1S/C23H27N9OS/c1-31-5-7-32(8-6-31)21-12-20(27-19-10-16(13-25-19)15-2-3-15)28-23(29-21)26-14-17-11-18(30-33-17)22-24-4-9-34-22/h4,9-13,15,25H,2-3,5-8,14H2,1H3,(H2,26,27,28,29). The van der Waals surface area contributed by atoms with Gasteiger partial charge in [-0.15, -0.1) is 11.3 Å². The van der Waals surface area contributed by atoms with Crippen molar-refractivity contribution in [3.05, 3.63) is 47.3 Å². The molecule has 10 nitrogen and oxygen atoms in total. The van der Waals surface area contributed by atoms with E-state index in [1.807, 2.05) is 17.5 Å². The Morgan fingerprint density at radius 1 is 1.15 bits per heavy atom. The molecule has 6 rings (SSSR count). The van der Waals surface area contributed by atoms with Crippen molar-refractivity contribution in [1.29, 1.82) is 0 Å². The molecule has 0 amide bonds. The lowest BCUT2D eigenvalue weighted by atomic mass is 10.2. The number of rotatable bonds is 8. The van der Waals surface area contributed by atoms with Gasteiger partial charge in [-0.25, -0.2) is 4.98 Å². The molecule has 5 heterocycles. The summed E-state index contributed by atoms with van der Waals surface area (Å²) in [4.78, 5) is 21.8. The average Bonchev–Trinajstić information content (AvgIpc) is 3.22. The fourth-order valence-corrected chi connectivity index (χ4v) is 4.65. The van der Waals surface area contributed by atoms with Crippen molar-refractivity contribution < 1.29 is 4.52 Å². The maximum Gasteiger partial charge on any atom is 0.227 e. The van der Waals surface area contributed by atoms with Crippen LogP contribution in [-0.4, -0.2) is 63.2 Å². The molecule has 1 aliphatic carbocycles. The van der Waals surface area contributed by atoms with Crippen LogP contribution in [0.15, 0.2) is 40.5 Å². The fourth-order valence-electron chi connectivity index (χ4n) is 4.06. The van der Waals surface area contributed by atoms with Crippen molar-refractivity contribution in [3.63, 3.8) is 0 Å². The predicted octanol–water partition coefficient (Wildman–Crippen LogP) is 3.90. The Labute approximate surface area is 201 Å². The summed E-state index contributed by atoms with van der Waals surface area (Å²) in [6, 6.07) is 6.09. The molecule has 0 bridgehead atoms. The average molecular weight is 478 g/mol. The Bertz CT molecular complexity index is 1240. The molecule has 1 saturated carbocycles. The van der Waals surface area contributed by atoms with Crippen molar-refractivity contribution in [2.45, 2.75) is 25.3 Å². The number of H-pyrrole nitrogens is 1. The summed E-state index contributed by atoms with van der Waals surface area (Å²) < 4.78 is 5.49. The fraction of sp³-hybridized carbons (Fsp3) is 0.391. The molecule has 176 valence electrons. The lowest BCUT2D eigenvalue weighted by Gasteiger charge is -2.33. The Balaban J connectivity index is 1.21. The first kappa shape index (κ1) is 21.1. The minimum Gasteiger partial charge on any atom is -0.359 e. The summed E-state index contributed by atoms with van der Waals surface area (Å²) in [5, 5.41) is 13.6. The highest BCUT2D eigenvalue weighted by atomic mass is 32.1. The van der Waals surface area contributed by atoms with E-state index in [0.29, 0.717) is 24.2 Å². The first-order valence-electron chi connectivity index (χ1n) is 11.6. The molecule has 2 fully saturated rings. The highest BCUT2D eigenvalue weighted by Gasteiger charge is 2.24. The lowest BCUT2D eigenvalue weighted by molar-refractivity contribution is 0.312. The van der Waals surface area contributed by atoms with E-state index in [2.05, 4.69) is 54.9 Å². The van der Waals surface area contributed by atoms with Gasteiger partial charge in [0.25, 0.3) is 0 Å². The number of aromatic nitrogens is 5. The second-order valence-electron chi connectivity index (χ2n) is 8.84. The summed E-state index contributed by atoms with van der Waals surface area (Å²) in [6.45, 7) is 4.31. The largest absolute Gasteiger partial charge is 0.359 e. The Morgan fingerprint density at radius 2 is 2.03 bits per heavy atom. The number of anilines is 4. The normalized spacial score (nSPS) is 16.7. The summed E-state index contributed by atoms with van der Waals surface area (Å²) in [7, 11) is 2.15. The van der Waals surface area contributed by atoms with Gasteiger partial charge >= 0.3 is 0 Å². The zero-order valence-electron chi connectivity index (χ0n) is 19.0. The molecular formula is C23H27N9OS. The van der Waals surface area contributed by atoms with Crippen LogP contribution in [0.3, 0.4) is 0 Å². The maximum absolute atomic E-state index is 5.49. The van der Waals surface area contributed by atoms with Crippen LogP contribution in [0.1, 0.15) is 30.1 Å². The molecule has 1 aliphatic heterocycles. The number of aromatic amines is 1. The second kappa shape index (κ2) is 9.07. The summed E-state index contributed by atoms with van der Waals surface area (Å²) in [5.41, 5.74) is 2.09. The van der Waals surface area contributed by atoms with Gasteiger partial charge in [0.15, 0.2) is 5.76 Å². The smallest absolute Gasteiger partial charge is 0.227 e. The Kier molecular flexibility index (Phi) is 5.63. The zero-order valence-corrected chi connectivity index (χ0v) is 19.8. The lowest BCUT2D eigenvalue weighted by Crippen LogP contribution is -2.44. The summed E-state index contributed by atoms with van der Waals surface area (Å²) in [5.74, 6) is 4.54. The van der Waals surface area contributed by atoms with Gasteiger partial charge in [-0.3, -0.25) is 0 Å². The maximum atomic E-state index is 5.49. The Morgan fingerprint density at radius 3 is 2.82 bits per heavy atom. The van der Waals surface area contributed by atoms with E-state index in [4.69, 9.17) is 14.5 Å². The van der Waals surface area contributed by atoms with E-state index in [-0.39, 0.29) is 0 Å². The third kappa shape index (κ3) is 4.75. The molecule has 1 saturated heterocycles. The van der Waals surface area contributed by atoms with Gasteiger partial charge in [0.2, 0.25) is 5.95 Å². The van der Waals surface area contributed by atoms with Crippen LogP contribution < -0.4 is 15.5 Å². The highest BCUT2D eigenvalue weighted by Crippen LogP contribution is 2.41. The monoisotopic (exact) mass is 477 g/mol. The minimum atomic E-state index is 0.429. The van der Waals surface area contributed by atoms with E-state index in [9.17, 15) is 0 Å². The molecule has 0 atom stereocenters. The van der Waals surface area contributed by atoms with Crippen LogP contribution >= 0.6 is 11.3 Å². The topological polar surface area (TPSA) is 111 Å². The number of hydrogen-bond donors (Lipinski definition) is 3. The molecule has 11 heteroatoms. The van der Waals surface area contributed by atoms with Crippen LogP contribution in [0, 0.1) is 0 Å². The molecule has 2 aliphatic rings. The van der Waals surface area contributed by atoms with Gasteiger partial charge in [0.1, 0.15) is 28.2 Å². The van der Waals surface area contributed by atoms with Crippen molar-refractivity contribution >= 4 is 34.7 Å². The van der Waals surface area contributed by atoms with Crippen LogP contribution in [0.25, 0.3) is 10.7 Å². The van der Waals surface area contributed by atoms with Gasteiger partial charge < -0.3 is 29.9 Å². The molecule has 0 radical (unpaired) electrons. The van der Waals surface area contributed by atoms with Gasteiger partial charge in [0.05, 0.1) is 6.54 Å². The number of nitrogens with zero attached hydrogens (tertiary/aromatic N) is 6. The minimum absolute atomic E-state index is 0.429. The van der Waals surface area contributed by atoms with Crippen LogP contribution in [0.2, 0.25) is 0 Å². The number of piperazine rings is 1. The molecular weight excluding hydrogens is 450 g/mol.